The molecule has 1 aromatic heterocycles. The van der Waals surface area contributed by atoms with Gasteiger partial charge in [0.2, 0.25) is 5.91 Å². The largest absolute Gasteiger partial charge is 0.490 e. The predicted octanol–water partition coefficient (Wildman–Crippen LogP) is 6.52. The van der Waals surface area contributed by atoms with E-state index in [4.69, 9.17) is 21.1 Å². The summed E-state index contributed by atoms with van der Waals surface area (Å²) in [6.07, 6.45) is 14.6. The first kappa shape index (κ1) is 34.8. The number of allylic oxidation sites excluding steroid dienone is 1. The fraction of sp³-hybridized carbons (Fsp3) is 0.500. The number of aryl methyl sites for hydroxylation is 2. The lowest BCUT2D eigenvalue weighted by Gasteiger charge is -2.46. The lowest BCUT2D eigenvalue weighted by molar-refractivity contribution is -0.119. The Balaban J connectivity index is 1.22. The monoisotopic (exact) mass is 719 g/mol. The minimum absolute atomic E-state index is 0.0349. The molecule has 1 N–H and O–H groups in total. The molecule has 12 heteroatoms. The minimum Gasteiger partial charge on any atom is -0.490 e. The summed E-state index contributed by atoms with van der Waals surface area (Å²) < 4.78 is 35.5. The Kier molecular flexibility index (Phi) is 10.4. The highest BCUT2D eigenvalue weighted by Crippen LogP contribution is 2.47. The first-order valence-corrected chi connectivity index (χ1v) is 19.9. The van der Waals surface area contributed by atoms with Gasteiger partial charge in [0.15, 0.2) is 0 Å². The van der Waals surface area contributed by atoms with E-state index in [9.17, 15) is 13.8 Å². The van der Waals surface area contributed by atoms with E-state index in [1.165, 1.54) is 11.1 Å². The van der Waals surface area contributed by atoms with E-state index in [-0.39, 0.29) is 23.7 Å². The van der Waals surface area contributed by atoms with E-state index in [2.05, 4.69) is 43.4 Å². The summed E-state index contributed by atoms with van der Waals surface area (Å²) in [6.45, 7) is 2.59. The average molecular weight is 720 g/mol. The molecule has 3 heterocycles. The van der Waals surface area contributed by atoms with E-state index in [0.29, 0.717) is 55.6 Å². The van der Waals surface area contributed by atoms with Crippen LogP contribution in [0, 0.1) is 11.8 Å². The lowest BCUT2D eigenvalue weighted by Crippen LogP contribution is -2.49. The zero-order valence-electron chi connectivity index (χ0n) is 28.6. The SMILES string of the molecule is CO[C@H]1/C=C\CCCS(=O)(NC(=O)CCCn2cccn2)=NC(=O)c2ccc3c(c2)N(C[C@@H]2CC[C@H]21)C[C@@]1(CCCc2cc(Cl)ccc21)CO3. The molecule has 2 amide bonds. The van der Waals surface area contributed by atoms with Crippen LogP contribution in [0.1, 0.15) is 72.9 Å². The Labute approximate surface area is 299 Å². The van der Waals surface area contributed by atoms with Gasteiger partial charge in [0.1, 0.15) is 15.7 Å². The molecule has 7 rings (SSSR count). The summed E-state index contributed by atoms with van der Waals surface area (Å²) in [5.74, 6) is 0.514. The number of methoxy groups -OCH3 is 1. The number of halogens is 1. The van der Waals surface area contributed by atoms with Gasteiger partial charge < -0.3 is 14.4 Å². The Bertz CT molecular complexity index is 1870. The van der Waals surface area contributed by atoms with Crippen molar-refractivity contribution in [2.75, 3.05) is 37.5 Å². The van der Waals surface area contributed by atoms with E-state index in [1.54, 1.807) is 24.1 Å². The van der Waals surface area contributed by atoms with Gasteiger partial charge in [0.25, 0.3) is 5.91 Å². The third-order valence-electron chi connectivity index (χ3n) is 10.9. The van der Waals surface area contributed by atoms with Gasteiger partial charge in [-0.3, -0.25) is 19.0 Å². The fourth-order valence-corrected chi connectivity index (χ4v) is 10.00. The molecular formula is C38H46ClN5O5S. The van der Waals surface area contributed by atoms with Crippen LogP contribution in [-0.4, -0.2) is 64.5 Å². The number of amides is 2. The second-order valence-electron chi connectivity index (χ2n) is 14.2. The number of ether oxygens (including phenoxy) is 2. The molecule has 0 saturated heterocycles. The lowest BCUT2D eigenvalue weighted by atomic mass is 9.68. The van der Waals surface area contributed by atoms with E-state index in [0.717, 1.165) is 55.9 Å². The Morgan fingerprint density at radius 2 is 2.10 bits per heavy atom. The maximum atomic E-state index is 14.2. The molecule has 2 aliphatic carbocycles. The Morgan fingerprint density at radius 1 is 1.20 bits per heavy atom. The van der Waals surface area contributed by atoms with Gasteiger partial charge in [-0.1, -0.05) is 29.8 Å². The zero-order valence-corrected chi connectivity index (χ0v) is 30.2. The third-order valence-corrected chi connectivity index (χ3v) is 13.0. The van der Waals surface area contributed by atoms with Gasteiger partial charge in [0, 0.05) is 61.6 Å². The second kappa shape index (κ2) is 14.9. The highest BCUT2D eigenvalue weighted by molar-refractivity contribution is 7.92. The summed E-state index contributed by atoms with van der Waals surface area (Å²) in [7, 11) is -1.63. The molecule has 5 atom stereocenters. The molecule has 2 aliphatic heterocycles. The second-order valence-corrected chi connectivity index (χ2v) is 16.7. The van der Waals surface area contributed by atoms with E-state index >= 15 is 0 Å². The predicted molar refractivity (Wildman–Crippen MR) is 195 cm³/mol. The van der Waals surface area contributed by atoms with Gasteiger partial charge in [-0.2, -0.15) is 5.10 Å². The molecule has 2 aromatic carbocycles. The number of hydrogen-bond acceptors (Lipinski definition) is 7. The number of carbonyl (C=O) groups excluding carboxylic acids is 2. The molecule has 3 aromatic rings. The number of hydrogen-bond donors (Lipinski definition) is 1. The number of fused-ring (bicyclic) bond motifs is 4. The van der Waals surface area contributed by atoms with Crippen LogP contribution in [0.15, 0.2) is 71.4 Å². The van der Waals surface area contributed by atoms with Crippen molar-refractivity contribution in [1.29, 1.82) is 0 Å². The summed E-state index contributed by atoms with van der Waals surface area (Å²) in [4.78, 5) is 29.3. The number of nitrogens with one attached hydrogen (secondary N) is 1. The van der Waals surface area contributed by atoms with Gasteiger partial charge in [-0.25, -0.2) is 4.21 Å². The van der Waals surface area contributed by atoms with Crippen molar-refractivity contribution in [2.45, 2.75) is 75.9 Å². The Hall–Kier alpha value is -3.67. The van der Waals surface area contributed by atoms with Gasteiger partial charge in [-0.05, 0) is 111 Å². The number of nitrogens with zero attached hydrogens (tertiary/aromatic N) is 4. The van der Waals surface area contributed by atoms with Crippen molar-refractivity contribution in [3.8, 4) is 5.75 Å². The summed E-state index contributed by atoms with van der Waals surface area (Å²) in [5, 5.41) is 4.92. The average Bonchev–Trinajstić information content (AvgIpc) is 3.55. The molecule has 1 saturated carbocycles. The molecular weight excluding hydrogens is 674 g/mol. The number of rotatable bonds is 6. The first-order chi connectivity index (χ1) is 24.2. The number of benzene rings is 2. The topological polar surface area (TPSA) is 115 Å². The van der Waals surface area contributed by atoms with Crippen molar-refractivity contribution in [1.82, 2.24) is 14.5 Å². The summed E-state index contributed by atoms with van der Waals surface area (Å²) >= 11 is 6.45. The van der Waals surface area contributed by atoms with Crippen LogP contribution in [0.5, 0.6) is 5.75 Å². The van der Waals surface area contributed by atoms with Crippen LogP contribution in [-0.2, 0) is 37.8 Å². The van der Waals surface area contributed by atoms with Crippen LogP contribution in [0.25, 0.3) is 0 Å². The van der Waals surface area contributed by atoms with Crippen LogP contribution < -0.4 is 14.4 Å². The van der Waals surface area contributed by atoms with Crippen molar-refractivity contribution >= 4 is 39.0 Å². The third kappa shape index (κ3) is 7.50. The smallest absolute Gasteiger partial charge is 0.286 e. The highest BCUT2D eigenvalue weighted by Gasteiger charge is 2.44. The zero-order chi connectivity index (χ0) is 34.7. The summed E-state index contributed by atoms with van der Waals surface area (Å²) in [5.41, 5.74) is 3.45. The number of aromatic nitrogens is 2. The molecule has 10 nitrogen and oxygen atoms in total. The number of carbonyl (C=O) groups is 2. The van der Waals surface area contributed by atoms with Crippen LogP contribution >= 0.6 is 11.6 Å². The van der Waals surface area contributed by atoms with Crippen molar-refractivity contribution in [3.05, 3.63) is 88.7 Å². The highest BCUT2D eigenvalue weighted by atomic mass is 35.5. The fourth-order valence-electron chi connectivity index (χ4n) is 8.18. The summed E-state index contributed by atoms with van der Waals surface area (Å²) in [6, 6.07) is 13.4. The van der Waals surface area contributed by atoms with E-state index < -0.39 is 21.7 Å². The van der Waals surface area contributed by atoms with Crippen molar-refractivity contribution in [3.63, 3.8) is 0 Å². The van der Waals surface area contributed by atoms with Crippen molar-refractivity contribution < 1.29 is 23.3 Å². The van der Waals surface area contributed by atoms with E-state index in [1.807, 2.05) is 30.5 Å². The molecule has 4 aliphatic rings. The first-order valence-electron chi connectivity index (χ1n) is 17.8. The minimum atomic E-state index is -3.39. The quantitative estimate of drug-likeness (QED) is 0.289. The standard InChI is InChI=1S/C38H46ClN5O5S/c1-48-34-9-3-2-4-21-50(47,41-36(45)10-6-19-44-20-7-18-40-44)42-37(46)28-12-16-35-33(23-28)43(24-29-11-14-31(29)34)25-38(26-49-35)17-5-8-27-22-30(39)13-15-32(27)38/h3,7,9,12-13,15-16,18,20,22-23,29,31,34H,2,4-6,8,10-11,14,17,19,21,24-26H2,1H3,(H,41,42,45,46,47)/b9-3-/t29-,31+,34-,38-,50?/m0/s1. The van der Waals surface area contributed by atoms with Gasteiger partial charge in [-0.15, -0.1) is 4.36 Å². The Morgan fingerprint density at radius 3 is 2.90 bits per heavy atom. The van der Waals surface area contributed by atoms with Crippen LogP contribution in [0.2, 0.25) is 5.02 Å². The molecule has 0 radical (unpaired) electrons. The van der Waals surface area contributed by atoms with Crippen molar-refractivity contribution in [2.24, 2.45) is 16.2 Å². The van der Waals surface area contributed by atoms with Gasteiger partial charge in [0.05, 0.1) is 24.2 Å². The molecule has 266 valence electrons. The molecule has 50 heavy (non-hydrogen) atoms. The van der Waals surface area contributed by atoms with Crippen LogP contribution in [0.3, 0.4) is 0 Å². The maximum absolute atomic E-state index is 14.2. The molecule has 1 fully saturated rings. The molecule has 1 spiro atoms. The number of anilines is 1. The van der Waals surface area contributed by atoms with Crippen LogP contribution in [0.4, 0.5) is 5.69 Å². The van der Waals surface area contributed by atoms with Gasteiger partial charge >= 0.3 is 0 Å². The molecule has 1 unspecified atom stereocenters. The molecule has 2 bridgehead atoms. The maximum Gasteiger partial charge on any atom is 0.286 e. The normalized spacial score (nSPS) is 28.6.